The van der Waals surface area contributed by atoms with Crippen LogP contribution < -0.4 is 15.1 Å². The number of anilines is 2. The summed E-state index contributed by atoms with van der Waals surface area (Å²) >= 11 is 6.13. The van der Waals surface area contributed by atoms with Gasteiger partial charge < -0.3 is 15.1 Å². The van der Waals surface area contributed by atoms with Crippen molar-refractivity contribution >= 4 is 34.7 Å². The number of nitrogens with zero attached hydrogens (tertiary/aromatic N) is 1. The van der Waals surface area contributed by atoms with Crippen molar-refractivity contribution in [2.24, 2.45) is 0 Å². The van der Waals surface area contributed by atoms with E-state index in [2.05, 4.69) is 22.3 Å². The van der Waals surface area contributed by atoms with Gasteiger partial charge in [-0.15, -0.1) is 0 Å². The third-order valence-corrected chi connectivity index (χ3v) is 5.77. The molecule has 0 aliphatic carbocycles. The van der Waals surface area contributed by atoms with E-state index in [4.69, 9.17) is 11.6 Å². The lowest BCUT2D eigenvalue weighted by Crippen LogP contribution is -3.15. The molecule has 0 saturated carbocycles. The minimum atomic E-state index is -0.165. The Morgan fingerprint density at radius 1 is 0.903 bits per heavy atom. The second-order valence-corrected chi connectivity index (χ2v) is 8.12. The Bertz CT molecular complexity index is 1050. The van der Waals surface area contributed by atoms with Gasteiger partial charge in [0.15, 0.2) is 12.3 Å². The Morgan fingerprint density at radius 2 is 1.55 bits per heavy atom. The van der Waals surface area contributed by atoms with Crippen LogP contribution in [0.15, 0.2) is 78.9 Å². The summed E-state index contributed by atoms with van der Waals surface area (Å²) in [4.78, 5) is 29.3. The summed E-state index contributed by atoms with van der Waals surface area (Å²) in [6.07, 6.45) is 0. The molecule has 31 heavy (non-hydrogen) atoms. The van der Waals surface area contributed by atoms with Gasteiger partial charge in [0.05, 0.1) is 31.9 Å². The van der Waals surface area contributed by atoms with E-state index in [0.29, 0.717) is 28.4 Å². The van der Waals surface area contributed by atoms with Gasteiger partial charge in [0, 0.05) is 21.8 Å². The highest BCUT2D eigenvalue weighted by molar-refractivity contribution is 6.31. The van der Waals surface area contributed by atoms with E-state index in [9.17, 15) is 9.59 Å². The number of hydrogen-bond acceptors (Lipinski definition) is 3. The molecule has 1 aliphatic heterocycles. The van der Waals surface area contributed by atoms with Gasteiger partial charge in [0.2, 0.25) is 0 Å². The fourth-order valence-corrected chi connectivity index (χ4v) is 4.05. The van der Waals surface area contributed by atoms with Crippen molar-refractivity contribution in [3.63, 3.8) is 0 Å². The minimum Gasteiger partial charge on any atom is -0.360 e. The Balaban J connectivity index is 1.39. The largest absolute Gasteiger partial charge is 0.360 e. The van der Waals surface area contributed by atoms with Gasteiger partial charge in [-0.25, -0.2) is 0 Å². The van der Waals surface area contributed by atoms with Crippen LogP contribution in [0.1, 0.15) is 15.9 Å². The van der Waals surface area contributed by atoms with Crippen LogP contribution in [0.2, 0.25) is 5.02 Å². The molecule has 0 aromatic heterocycles. The zero-order valence-electron chi connectivity index (χ0n) is 17.2. The number of nitrogens with one attached hydrogen (secondary N) is 2. The maximum Gasteiger partial charge on any atom is 0.279 e. The second-order valence-electron chi connectivity index (χ2n) is 7.68. The van der Waals surface area contributed by atoms with E-state index in [1.165, 1.54) is 10.6 Å². The van der Waals surface area contributed by atoms with Crippen LogP contribution in [0.4, 0.5) is 11.4 Å². The Labute approximate surface area is 187 Å². The molecular weight excluding hydrogens is 410 g/mol. The first kappa shape index (κ1) is 21.1. The van der Waals surface area contributed by atoms with Gasteiger partial charge in [-0.3, -0.25) is 9.59 Å². The van der Waals surface area contributed by atoms with Gasteiger partial charge in [0.1, 0.15) is 0 Å². The van der Waals surface area contributed by atoms with Crippen molar-refractivity contribution in [1.82, 2.24) is 0 Å². The van der Waals surface area contributed by atoms with E-state index < -0.39 is 0 Å². The number of para-hydroxylation sites is 1. The predicted octanol–water partition coefficient (Wildman–Crippen LogP) is 2.91. The molecule has 1 fully saturated rings. The van der Waals surface area contributed by atoms with Crippen molar-refractivity contribution in [2.45, 2.75) is 0 Å². The molecule has 2 N–H and O–H groups in total. The number of amides is 1. The molecule has 158 valence electrons. The second kappa shape index (κ2) is 9.77. The standard InChI is InChI=1S/C25H24ClN3O2/c26-20-11-12-23(22(17-20)25(31)19-7-3-1-4-8-19)27-24(30)18-28-13-15-29(16-14-28)21-9-5-2-6-10-21/h1-12,17H,13-16,18H2,(H,27,30)/p+1. The molecule has 0 spiro atoms. The Kier molecular flexibility index (Phi) is 6.65. The fraction of sp³-hybridized carbons (Fsp3) is 0.200. The highest BCUT2D eigenvalue weighted by atomic mass is 35.5. The van der Waals surface area contributed by atoms with Crippen LogP contribution in [-0.4, -0.2) is 44.4 Å². The van der Waals surface area contributed by atoms with Crippen molar-refractivity contribution in [1.29, 1.82) is 0 Å². The topological polar surface area (TPSA) is 53.9 Å². The quantitative estimate of drug-likeness (QED) is 0.586. The summed E-state index contributed by atoms with van der Waals surface area (Å²) in [7, 11) is 0. The molecule has 4 rings (SSSR count). The van der Waals surface area contributed by atoms with Crippen LogP contribution in [0.5, 0.6) is 0 Å². The number of piperazine rings is 1. The average molecular weight is 435 g/mol. The minimum absolute atomic E-state index is 0.104. The molecule has 1 heterocycles. The maximum atomic E-state index is 12.9. The number of carbonyl (C=O) groups is 2. The fourth-order valence-electron chi connectivity index (χ4n) is 3.88. The van der Waals surface area contributed by atoms with Crippen molar-refractivity contribution in [3.8, 4) is 0 Å². The first-order valence-electron chi connectivity index (χ1n) is 10.4. The van der Waals surface area contributed by atoms with E-state index in [0.717, 1.165) is 26.2 Å². The summed E-state index contributed by atoms with van der Waals surface area (Å²) in [5.41, 5.74) is 2.67. The molecule has 0 bridgehead atoms. The highest BCUT2D eigenvalue weighted by Crippen LogP contribution is 2.23. The molecule has 1 saturated heterocycles. The molecule has 6 heteroatoms. The number of halogens is 1. The molecule has 0 unspecified atom stereocenters. The summed E-state index contributed by atoms with van der Waals surface area (Å²) in [6, 6.07) is 24.3. The molecular formula is C25H25ClN3O2+. The van der Waals surface area contributed by atoms with Crippen LogP contribution in [-0.2, 0) is 4.79 Å². The number of benzene rings is 3. The first-order valence-corrected chi connectivity index (χ1v) is 10.8. The van der Waals surface area contributed by atoms with Crippen LogP contribution in [0.25, 0.3) is 0 Å². The average Bonchev–Trinajstić information content (AvgIpc) is 2.81. The van der Waals surface area contributed by atoms with Gasteiger partial charge in [-0.05, 0) is 30.3 Å². The Morgan fingerprint density at radius 3 is 2.23 bits per heavy atom. The Hall–Kier alpha value is -3.15. The molecule has 5 nitrogen and oxygen atoms in total. The summed E-state index contributed by atoms with van der Waals surface area (Å²) in [5.74, 6) is -0.269. The van der Waals surface area contributed by atoms with Crippen LogP contribution >= 0.6 is 11.6 Å². The third kappa shape index (κ3) is 5.32. The smallest absolute Gasteiger partial charge is 0.279 e. The van der Waals surface area contributed by atoms with Crippen molar-refractivity contribution < 1.29 is 14.5 Å². The predicted molar refractivity (Wildman–Crippen MR) is 124 cm³/mol. The third-order valence-electron chi connectivity index (χ3n) is 5.54. The molecule has 3 aromatic rings. The van der Waals surface area contributed by atoms with E-state index in [1.807, 2.05) is 36.4 Å². The van der Waals surface area contributed by atoms with Gasteiger partial charge >= 0.3 is 0 Å². The summed E-state index contributed by atoms with van der Waals surface area (Å²) in [6.45, 7) is 3.96. The van der Waals surface area contributed by atoms with Gasteiger partial charge in [-0.1, -0.05) is 60.1 Å². The lowest BCUT2D eigenvalue weighted by molar-refractivity contribution is -0.892. The van der Waals surface area contributed by atoms with Gasteiger partial charge in [0.25, 0.3) is 5.91 Å². The number of rotatable bonds is 6. The summed E-state index contributed by atoms with van der Waals surface area (Å²) in [5, 5.41) is 3.38. The zero-order valence-corrected chi connectivity index (χ0v) is 17.9. The molecule has 1 aliphatic rings. The van der Waals surface area contributed by atoms with E-state index >= 15 is 0 Å². The number of carbonyl (C=O) groups excluding carboxylic acids is 2. The van der Waals surface area contributed by atoms with Crippen LogP contribution in [0.3, 0.4) is 0 Å². The SMILES string of the molecule is O=C(C[NH+]1CCN(c2ccccc2)CC1)Nc1ccc(Cl)cc1C(=O)c1ccccc1. The van der Waals surface area contributed by atoms with Crippen molar-refractivity contribution in [3.05, 3.63) is 95.0 Å². The normalized spacial score (nSPS) is 14.3. The number of ketones is 1. The van der Waals surface area contributed by atoms with E-state index in [1.54, 1.807) is 30.3 Å². The molecule has 0 atom stereocenters. The lowest BCUT2D eigenvalue weighted by Gasteiger charge is -2.33. The summed E-state index contributed by atoms with van der Waals surface area (Å²) < 4.78 is 0. The van der Waals surface area contributed by atoms with Crippen molar-refractivity contribution in [2.75, 3.05) is 42.9 Å². The monoisotopic (exact) mass is 434 g/mol. The number of hydrogen-bond donors (Lipinski definition) is 2. The number of quaternary nitrogens is 1. The zero-order chi connectivity index (χ0) is 21.6. The molecule has 1 amide bonds. The van der Waals surface area contributed by atoms with E-state index in [-0.39, 0.29) is 11.7 Å². The molecule has 3 aromatic carbocycles. The molecule has 0 radical (unpaired) electrons. The van der Waals surface area contributed by atoms with Gasteiger partial charge in [-0.2, -0.15) is 0 Å². The lowest BCUT2D eigenvalue weighted by atomic mass is 10.0. The van der Waals surface area contributed by atoms with Crippen LogP contribution in [0, 0.1) is 0 Å². The highest BCUT2D eigenvalue weighted by Gasteiger charge is 2.23. The maximum absolute atomic E-state index is 12.9. The first-order chi connectivity index (χ1) is 15.1.